The zero-order valence-corrected chi connectivity index (χ0v) is 15.1. The van der Waals surface area contributed by atoms with Crippen LogP contribution in [0.2, 0.25) is 0 Å². The van der Waals surface area contributed by atoms with Crippen LogP contribution in [0.3, 0.4) is 0 Å². The highest BCUT2D eigenvalue weighted by Crippen LogP contribution is 2.35. The van der Waals surface area contributed by atoms with Crippen molar-refractivity contribution in [1.82, 2.24) is 20.1 Å². The van der Waals surface area contributed by atoms with Gasteiger partial charge in [-0.3, -0.25) is 4.90 Å². The van der Waals surface area contributed by atoms with Crippen LogP contribution in [0.25, 0.3) is 10.8 Å². The lowest BCUT2D eigenvalue weighted by atomic mass is 10.1. The summed E-state index contributed by atoms with van der Waals surface area (Å²) >= 11 is 1.53. The van der Waals surface area contributed by atoms with Gasteiger partial charge in [-0.25, -0.2) is 4.98 Å². The third-order valence-electron chi connectivity index (χ3n) is 4.60. The van der Waals surface area contributed by atoms with E-state index in [1.165, 1.54) is 16.9 Å². The van der Waals surface area contributed by atoms with Gasteiger partial charge in [0.2, 0.25) is 5.89 Å². The van der Waals surface area contributed by atoms with Gasteiger partial charge in [-0.15, -0.1) is 21.5 Å². The average Bonchev–Trinajstić information content (AvgIpc) is 3.35. The van der Waals surface area contributed by atoms with E-state index in [-0.39, 0.29) is 6.04 Å². The number of para-hydroxylation sites is 1. The van der Waals surface area contributed by atoms with Crippen LogP contribution in [0.4, 0.5) is 0 Å². The Morgan fingerprint density at radius 1 is 1.32 bits per heavy atom. The average molecular weight is 356 g/mol. The fraction of sp³-hybridized carbons (Fsp3) is 0.389. The van der Waals surface area contributed by atoms with Gasteiger partial charge >= 0.3 is 0 Å². The highest BCUT2D eigenvalue weighted by Gasteiger charge is 2.31. The molecular formula is C18H20N4O2S. The summed E-state index contributed by atoms with van der Waals surface area (Å²) in [6.07, 6.45) is 2.15. The standard InChI is InChI=1S/C18H20N4O2S/c1-12-16(25-11-19-12)18-21-20-17(24-18)14-7-5-9-22(14)10-13-6-3-4-8-15(13)23-2/h3-4,6,8,11,14H,5,7,9-10H2,1-2H3. The van der Waals surface area contributed by atoms with Crippen molar-refractivity contribution in [3.8, 4) is 16.5 Å². The number of ether oxygens (including phenoxy) is 1. The number of hydrogen-bond donors (Lipinski definition) is 0. The van der Waals surface area contributed by atoms with E-state index in [2.05, 4.69) is 26.1 Å². The summed E-state index contributed by atoms with van der Waals surface area (Å²) in [5.41, 5.74) is 3.91. The van der Waals surface area contributed by atoms with Crippen molar-refractivity contribution in [2.45, 2.75) is 32.4 Å². The number of thiazole rings is 1. The number of nitrogens with zero attached hydrogens (tertiary/aromatic N) is 4. The molecule has 1 unspecified atom stereocenters. The molecule has 25 heavy (non-hydrogen) atoms. The molecule has 6 nitrogen and oxygen atoms in total. The zero-order chi connectivity index (χ0) is 17.2. The van der Waals surface area contributed by atoms with E-state index < -0.39 is 0 Å². The maximum absolute atomic E-state index is 5.99. The van der Waals surface area contributed by atoms with Crippen LogP contribution in [0.5, 0.6) is 5.75 Å². The van der Waals surface area contributed by atoms with Crippen molar-refractivity contribution in [2.75, 3.05) is 13.7 Å². The summed E-state index contributed by atoms with van der Waals surface area (Å²) in [6, 6.07) is 8.29. The summed E-state index contributed by atoms with van der Waals surface area (Å²) in [6.45, 7) is 3.78. The first-order chi connectivity index (χ1) is 12.3. The molecule has 0 spiro atoms. The summed E-state index contributed by atoms with van der Waals surface area (Å²) in [5.74, 6) is 2.17. The smallest absolute Gasteiger partial charge is 0.259 e. The van der Waals surface area contributed by atoms with Gasteiger partial charge in [-0.1, -0.05) is 18.2 Å². The number of methoxy groups -OCH3 is 1. The SMILES string of the molecule is COc1ccccc1CN1CCCC1c1nnc(-c2scnc2C)o1. The first-order valence-corrected chi connectivity index (χ1v) is 9.24. The monoisotopic (exact) mass is 356 g/mol. The van der Waals surface area contributed by atoms with Gasteiger partial charge in [0.15, 0.2) is 0 Å². The molecular weight excluding hydrogens is 336 g/mol. The van der Waals surface area contributed by atoms with E-state index in [0.29, 0.717) is 11.8 Å². The molecule has 2 aromatic heterocycles. The minimum atomic E-state index is 0.152. The normalized spacial score (nSPS) is 17.9. The second-order valence-corrected chi connectivity index (χ2v) is 7.01. The summed E-state index contributed by atoms with van der Waals surface area (Å²) < 4.78 is 11.5. The van der Waals surface area contributed by atoms with E-state index in [9.17, 15) is 0 Å². The third-order valence-corrected chi connectivity index (χ3v) is 5.51. The largest absolute Gasteiger partial charge is 0.496 e. The molecule has 4 rings (SSSR count). The Morgan fingerprint density at radius 3 is 3.00 bits per heavy atom. The molecule has 1 aliphatic rings. The highest BCUT2D eigenvalue weighted by atomic mass is 32.1. The van der Waals surface area contributed by atoms with Crippen LogP contribution in [-0.4, -0.2) is 33.7 Å². The second kappa shape index (κ2) is 6.93. The Balaban J connectivity index is 1.56. The van der Waals surface area contributed by atoms with Gasteiger partial charge in [-0.05, 0) is 32.4 Å². The Hall–Kier alpha value is -2.25. The van der Waals surface area contributed by atoms with Crippen molar-refractivity contribution in [3.05, 3.63) is 46.9 Å². The van der Waals surface area contributed by atoms with Gasteiger partial charge in [0, 0.05) is 12.1 Å². The Labute approximate surface area is 150 Å². The van der Waals surface area contributed by atoms with E-state index in [4.69, 9.17) is 9.15 Å². The van der Waals surface area contributed by atoms with E-state index in [1.54, 1.807) is 12.6 Å². The Kier molecular flexibility index (Phi) is 4.50. The zero-order valence-electron chi connectivity index (χ0n) is 14.3. The molecule has 1 aliphatic heterocycles. The molecule has 130 valence electrons. The third kappa shape index (κ3) is 3.17. The number of hydrogen-bond acceptors (Lipinski definition) is 7. The summed E-state index contributed by atoms with van der Waals surface area (Å²) in [7, 11) is 1.71. The van der Waals surface area contributed by atoms with Crippen molar-refractivity contribution >= 4 is 11.3 Å². The lowest BCUT2D eigenvalue weighted by molar-refractivity contribution is 0.213. The molecule has 3 aromatic rings. The van der Waals surface area contributed by atoms with Gasteiger partial charge in [-0.2, -0.15) is 0 Å². The number of aryl methyl sites for hydroxylation is 1. The van der Waals surface area contributed by atoms with Gasteiger partial charge in [0.25, 0.3) is 5.89 Å². The lowest BCUT2D eigenvalue weighted by Gasteiger charge is -2.22. The van der Waals surface area contributed by atoms with E-state index >= 15 is 0 Å². The highest BCUT2D eigenvalue weighted by molar-refractivity contribution is 7.13. The van der Waals surface area contributed by atoms with Gasteiger partial charge < -0.3 is 9.15 Å². The maximum Gasteiger partial charge on any atom is 0.259 e. The molecule has 0 N–H and O–H groups in total. The fourth-order valence-corrected chi connectivity index (χ4v) is 4.04. The van der Waals surface area contributed by atoms with Crippen molar-refractivity contribution in [1.29, 1.82) is 0 Å². The van der Waals surface area contributed by atoms with Gasteiger partial charge in [0.05, 0.1) is 24.4 Å². The van der Waals surface area contributed by atoms with Crippen LogP contribution >= 0.6 is 11.3 Å². The fourth-order valence-electron chi connectivity index (χ4n) is 3.32. The Morgan fingerprint density at radius 2 is 2.20 bits per heavy atom. The van der Waals surface area contributed by atoms with E-state index in [1.807, 2.05) is 25.1 Å². The van der Waals surface area contributed by atoms with Crippen molar-refractivity contribution < 1.29 is 9.15 Å². The second-order valence-electron chi connectivity index (χ2n) is 6.15. The molecule has 1 saturated heterocycles. The molecule has 1 fully saturated rings. The summed E-state index contributed by atoms with van der Waals surface area (Å²) in [4.78, 5) is 7.59. The molecule has 3 heterocycles. The molecule has 0 bridgehead atoms. The molecule has 0 amide bonds. The van der Waals surface area contributed by atoms with Crippen molar-refractivity contribution in [3.63, 3.8) is 0 Å². The minimum Gasteiger partial charge on any atom is -0.496 e. The minimum absolute atomic E-state index is 0.152. The molecule has 7 heteroatoms. The molecule has 0 saturated carbocycles. The summed E-state index contributed by atoms with van der Waals surface area (Å²) in [5, 5.41) is 8.56. The number of aromatic nitrogens is 3. The molecule has 1 aromatic carbocycles. The maximum atomic E-state index is 5.99. The van der Waals surface area contributed by atoms with Crippen LogP contribution in [0, 0.1) is 6.92 Å². The first kappa shape index (κ1) is 16.2. The molecule has 1 atom stereocenters. The molecule has 0 radical (unpaired) electrons. The number of rotatable bonds is 5. The van der Waals surface area contributed by atoms with Crippen LogP contribution < -0.4 is 4.74 Å². The predicted octanol–water partition coefficient (Wildman–Crippen LogP) is 3.85. The number of benzene rings is 1. The molecule has 0 aliphatic carbocycles. The van der Waals surface area contributed by atoms with Crippen molar-refractivity contribution in [2.24, 2.45) is 0 Å². The lowest BCUT2D eigenvalue weighted by Crippen LogP contribution is -2.23. The number of likely N-dealkylation sites (tertiary alicyclic amines) is 1. The van der Waals surface area contributed by atoms with Gasteiger partial charge in [0.1, 0.15) is 10.6 Å². The van der Waals surface area contributed by atoms with Crippen LogP contribution in [0.1, 0.15) is 36.0 Å². The van der Waals surface area contributed by atoms with Crippen LogP contribution in [0.15, 0.2) is 34.2 Å². The predicted molar refractivity (Wildman–Crippen MR) is 95.5 cm³/mol. The van der Waals surface area contributed by atoms with Crippen LogP contribution in [-0.2, 0) is 6.54 Å². The topological polar surface area (TPSA) is 64.3 Å². The quantitative estimate of drug-likeness (QED) is 0.692. The first-order valence-electron chi connectivity index (χ1n) is 8.36. The van der Waals surface area contributed by atoms with E-state index in [0.717, 1.165) is 42.3 Å². The Bertz CT molecular complexity index is 860.